The Hall–Kier alpha value is -3.54. The molecule has 0 saturated carbocycles. The van der Waals surface area contributed by atoms with Crippen molar-refractivity contribution in [2.24, 2.45) is 0 Å². The zero-order valence-corrected chi connectivity index (χ0v) is 14.0. The molecule has 128 valence electrons. The van der Waals surface area contributed by atoms with Crippen molar-refractivity contribution in [2.45, 2.75) is 13.0 Å². The van der Waals surface area contributed by atoms with E-state index in [4.69, 9.17) is 4.74 Å². The highest BCUT2D eigenvalue weighted by atomic mass is 16.5. The lowest BCUT2D eigenvalue weighted by Gasteiger charge is -2.13. The van der Waals surface area contributed by atoms with E-state index in [1.807, 2.05) is 30.3 Å². The number of fused-ring (bicyclic) bond motifs is 2. The number of hydrogen-bond donors (Lipinski definition) is 1. The Morgan fingerprint density at radius 3 is 2.54 bits per heavy atom. The smallest absolute Gasteiger partial charge is 0.357 e. The summed E-state index contributed by atoms with van der Waals surface area (Å²) in [6.45, 7) is 1.66. The normalized spacial score (nSPS) is 12.2. The number of H-pyrrole nitrogens is 1. The Morgan fingerprint density at radius 1 is 0.962 bits per heavy atom. The molecule has 6 heteroatoms. The molecule has 0 radical (unpaired) electrons. The van der Waals surface area contributed by atoms with Crippen molar-refractivity contribution in [3.63, 3.8) is 0 Å². The van der Waals surface area contributed by atoms with Gasteiger partial charge in [-0.3, -0.25) is 4.79 Å². The first-order valence-corrected chi connectivity index (χ1v) is 8.17. The molecular weight excluding hydrogens is 330 g/mol. The molecule has 0 fully saturated rings. The van der Waals surface area contributed by atoms with E-state index in [9.17, 15) is 9.59 Å². The summed E-state index contributed by atoms with van der Waals surface area (Å²) in [6.07, 6.45) is -0.715. The molecule has 1 atom stereocenters. The fourth-order valence-corrected chi connectivity index (χ4v) is 2.75. The third-order valence-electron chi connectivity index (χ3n) is 4.11. The Bertz CT molecular complexity index is 1180. The van der Waals surface area contributed by atoms with Crippen LogP contribution in [0.15, 0.2) is 65.5 Å². The number of benzene rings is 2. The Balaban J connectivity index is 1.61. The number of esters is 1. The highest BCUT2D eigenvalue weighted by molar-refractivity contribution is 5.91. The summed E-state index contributed by atoms with van der Waals surface area (Å²) in [5, 5.41) is 1.43. The standard InChI is InChI=1S/C20H15N3O3/c1-12(18-22-16-9-5-3-7-14(16)19(24)23-18)26-20(25)17-11-10-13-6-2-4-8-15(13)21-17/h2-12H,1H3,(H,22,23,24). The topological polar surface area (TPSA) is 84.9 Å². The maximum Gasteiger partial charge on any atom is 0.357 e. The Kier molecular flexibility index (Phi) is 3.93. The summed E-state index contributed by atoms with van der Waals surface area (Å²) < 4.78 is 5.44. The van der Waals surface area contributed by atoms with Crippen molar-refractivity contribution < 1.29 is 9.53 Å². The molecule has 0 saturated heterocycles. The van der Waals surface area contributed by atoms with Gasteiger partial charge in [-0.05, 0) is 31.2 Å². The van der Waals surface area contributed by atoms with E-state index in [1.54, 1.807) is 37.3 Å². The van der Waals surface area contributed by atoms with E-state index in [-0.39, 0.29) is 11.3 Å². The largest absolute Gasteiger partial charge is 0.450 e. The Labute approximate surface area is 148 Å². The van der Waals surface area contributed by atoms with Gasteiger partial charge in [0.25, 0.3) is 5.56 Å². The number of para-hydroxylation sites is 2. The van der Waals surface area contributed by atoms with E-state index in [0.29, 0.717) is 22.2 Å². The lowest BCUT2D eigenvalue weighted by atomic mass is 10.2. The van der Waals surface area contributed by atoms with Crippen LogP contribution in [0.5, 0.6) is 0 Å². The second kappa shape index (κ2) is 6.40. The number of aromatic amines is 1. The third-order valence-corrected chi connectivity index (χ3v) is 4.11. The lowest BCUT2D eigenvalue weighted by Crippen LogP contribution is -2.18. The first-order valence-electron chi connectivity index (χ1n) is 8.17. The maximum atomic E-state index is 12.4. The van der Waals surface area contributed by atoms with Crippen LogP contribution in [0.25, 0.3) is 21.8 Å². The number of pyridine rings is 1. The molecule has 0 bridgehead atoms. The zero-order valence-electron chi connectivity index (χ0n) is 14.0. The first-order chi connectivity index (χ1) is 12.6. The molecule has 0 aliphatic rings. The number of carbonyl (C=O) groups is 1. The van der Waals surface area contributed by atoms with Gasteiger partial charge in [-0.25, -0.2) is 14.8 Å². The summed E-state index contributed by atoms with van der Waals surface area (Å²) in [7, 11) is 0. The van der Waals surface area contributed by atoms with Gasteiger partial charge in [0.2, 0.25) is 0 Å². The maximum absolute atomic E-state index is 12.4. The molecule has 0 aliphatic carbocycles. The van der Waals surface area contributed by atoms with E-state index < -0.39 is 12.1 Å². The average Bonchev–Trinajstić information content (AvgIpc) is 2.67. The molecule has 0 amide bonds. The van der Waals surface area contributed by atoms with Gasteiger partial charge in [-0.2, -0.15) is 0 Å². The van der Waals surface area contributed by atoms with Crippen molar-refractivity contribution in [1.82, 2.24) is 15.0 Å². The van der Waals surface area contributed by atoms with Crippen molar-refractivity contribution in [2.75, 3.05) is 0 Å². The molecule has 1 N–H and O–H groups in total. The van der Waals surface area contributed by atoms with E-state index >= 15 is 0 Å². The van der Waals surface area contributed by atoms with Gasteiger partial charge in [0.1, 0.15) is 5.69 Å². The van der Waals surface area contributed by atoms with E-state index in [1.165, 1.54) is 0 Å². The molecule has 2 heterocycles. The highest BCUT2D eigenvalue weighted by Crippen LogP contribution is 2.17. The van der Waals surface area contributed by atoms with Crippen molar-refractivity contribution in [3.8, 4) is 0 Å². The summed E-state index contributed by atoms with van der Waals surface area (Å²) in [4.78, 5) is 35.9. The minimum absolute atomic E-state index is 0.207. The van der Waals surface area contributed by atoms with Crippen LogP contribution in [0.1, 0.15) is 29.3 Å². The lowest BCUT2D eigenvalue weighted by molar-refractivity contribution is 0.0313. The Morgan fingerprint density at radius 2 is 1.69 bits per heavy atom. The van der Waals surface area contributed by atoms with Gasteiger partial charge >= 0.3 is 5.97 Å². The molecule has 4 aromatic rings. The molecular formula is C20H15N3O3. The number of ether oxygens (including phenoxy) is 1. The van der Waals surface area contributed by atoms with Gasteiger partial charge < -0.3 is 9.72 Å². The number of hydrogen-bond acceptors (Lipinski definition) is 5. The second-order valence-corrected chi connectivity index (χ2v) is 5.91. The van der Waals surface area contributed by atoms with Crippen LogP contribution in [0, 0.1) is 0 Å². The number of carbonyl (C=O) groups excluding carboxylic acids is 1. The van der Waals surface area contributed by atoms with Crippen LogP contribution in [0.2, 0.25) is 0 Å². The van der Waals surface area contributed by atoms with Crippen LogP contribution in [-0.2, 0) is 4.74 Å². The molecule has 2 aromatic carbocycles. The van der Waals surface area contributed by atoms with Crippen molar-refractivity contribution >= 4 is 27.8 Å². The summed E-state index contributed by atoms with van der Waals surface area (Å²) in [5.74, 6) is -0.276. The number of nitrogens with zero attached hydrogens (tertiary/aromatic N) is 2. The quantitative estimate of drug-likeness (QED) is 0.575. The van der Waals surface area contributed by atoms with Gasteiger partial charge in [0.15, 0.2) is 11.9 Å². The summed E-state index contributed by atoms with van der Waals surface area (Å²) in [6, 6.07) is 18.0. The molecule has 0 spiro atoms. The van der Waals surface area contributed by atoms with Gasteiger partial charge in [0, 0.05) is 5.39 Å². The van der Waals surface area contributed by atoms with Crippen LogP contribution in [0.4, 0.5) is 0 Å². The predicted octanol–water partition coefficient (Wildman–Crippen LogP) is 3.39. The van der Waals surface area contributed by atoms with Gasteiger partial charge in [-0.1, -0.05) is 36.4 Å². The SMILES string of the molecule is CC(OC(=O)c1ccc2ccccc2n1)c1nc2ccccc2c(=O)[nH]1. The molecule has 6 nitrogen and oxygen atoms in total. The van der Waals surface area contributed by atoms with E-state index in [2.05, 4.69) is 15.0 Å². The van der Waals surface area contributed by atoms with Crippen LogP contribution in [-0.4, -0.2) is 20.9 Å². The third kappa shape index (κ3) is 2.93. The van der Waals surface area contributed by atoms with Crippen molar-refractivity contribution in [3.05, 3.63) is 82.5 Å². The van der Waals surface area contributed by atoms with Crippen molar-refractivity contribution in [1.29, 1.82) is 0 Å². The number of aromatic nitrogens is 3. The summed E-state index contributed by atoms with van der Waals surface area (Å²) >= 11 is 0. The van der Waals surface area contributed by atoms with Gasteiger partial charge in [0.05, 0.1) is 16.4 Å². The van der Waals surface area contributed by atoms with Gasteiger partial charge in [-0.15, -0.1) is 0 Å². The average molecular weight is 345 g/mol. The van der Waals surface area contributed by atoms with Crippen LogP contribution in [0.3, 0.4) is 0 Å². The first kappa shape index (κ1) is 16.0. The molecule has 0 aliphatic heterocycles. The zero-order chi connectivity index (χ0) is 18.1. The fourth-order valence-electron chi connectivity index (χ4n) is 2.75. The summed E-state index contributed by atoms with van der Waals surface area (Å²) in [5.41, 5.74) is 1.21. The highest BCUT2D eigenvalue weighted by Gasteiger charge is 2.18. The minimum atomic E-state index is -0.715. The minimum Gasteiger partial charge on any atom is -0.450 e. The fraction of sp³-hybridized carbons (Fsp3) is 0.100. The van der Waals surface area contributed by atoms with Crippen LogP contribution < -0.4 is 5.56 Å². The monoisotopic (exact) mass is 345 g/mol. The number of nitrogens with one attached hydrogen (secondary N) is 1. The molecule has 2 aromatic heterocycles. The number of rotatable bonds is 3. The predicted molar refractivity (Wildman–Crippen MR) is 97.9 cm³/mol. The molecule has 1 unspecified atom stereocenters. The molecule has 26 heavy (non-hydrogen) atoms. The second-order valence-electron chi connectivity index (χ2n) is 5.91. The molecule has 4 rings (SSSR count). The van der Waals surface area contributed by atoms with Crippen LogP contribution >= 0.6 is 0 Å². The van der Waals surface area contributed by atoms with E-state index in [0.717, 1.165) is 5.39 Å².